The lowest BCUT2D eigenvalue weighted by Gasteiger charge is -2.34. The summed E-state index contributed by atoms with van der Waals surface area (Å²) >= 11 is 13.4. The van der Waals surface area contributed by atoms with Crippen molar-refractivity contribution < 1.29 is 4.79 Å². The van der Waals surface area contributed by atoms with E-state index in [1.54, 1.807) is 17.4 Å². The van der Waals surface area contributed by atoms with E-state index in [4.69, 9.17) is 23.2 Å². The van der Waals surface area contributed by atoms with Gasteiger partial charge in [-0.3, -0.25) is 9.69 Å². The molecule has 3 rings (SSSR count). The highest BCUT2D eigenvalue weighted by Gasteiger charge is 2.24. The van der Waals surface area contributed by atoms with E-state index in [1.807, 2.05) is 11.8 Å². The fourth-order valence-corrected chi connectivity index (χ4v) is 3.43. The maximum absolute atomic E-state index is 12.4. The van der Waals surface area contributed by atoms with Crippen LogP contribution >= 0.6 is 34.5 Å². The minimum atomic E-state index is -0.0575. The molecule has 0 saturated carbocycles. The van der Waals surface area contributed by atoms with Crippen LogP contribution in [-0.4, -0.2) is 51.9 Å². The molecule has 2 aromatic rings. The number of carbonyl (C=O) groups excluding carboxylic acids is 1. The number of hydrogen-bond acceptors (Lipinski definition) is 4. The zero-order valence-electron chi connectivity index (χ0n) is 12.1. The van der Waals surface area contributed by atoms with Gasteiger partial charge in [0.15, 0.2) is 0 Å². The second kappa shape index (κ2) is 6.58. The maximum Gasteiger partial charge on any atom is 0.270 e. The number of carbonyl (C=O) groups is 1. The molecule has 1 aliphatic rings. The number of rotatable bonds is 3. The molecule has 0 radical (unpaired) electrons. The molecule has 0 unspecified atom stereocenters. The molecule has 1 N–H and O–H groups in total. The van der Waals surface area contributed by atoms with Crippen LogP contribution in [0.25, 0.3) is 0 Å². The molecular formula is C14H16Cl2N4OS. The van der Waals surface area contributed by atoms with E-state index in [-0.39, 0.29) is 5.91 Å². The first-order chi connectivity index (χ1) is 10.5. The minimum absolute atomic E-state index is 0.0575. The van der Waals surface area contributed by atoms with E-state index in [2.05, 4.69) is 20.2 Å². The predicted molar refractivity (Wildman–Crippen MR) is 88.8 cm³/mol. The monoisotopic (exact) mass is 358 g/mol. The zero-order valence-corrected chi connectivity index (χ0v) is 14.4. The van der Waals surface area contributed by atoms with Crippen molar-refractivity contribution in [3.63, 3.8) is 0 Å². The zero-order chi connectivity index (χ0) is 15.7. The van der Waals surface area contributed by atoms with Gasteiger partial charge in [0.1, 0.15) is 10.8 Å². The Morgan fingerprint density at radius 1 is 1.36 bits per heavy atom. The van der Waals surface area contributed by atoms with Crippen molar-refractivity contribution in [3.05, 3.63) is 38.0 Å². The molecule has 5 nitrogen and oxygen atoms in total. The van der Waals surface area contributed by atoms with Crippen LogP contribution in [0.5, 0.6) is 0 Å². The first kappa shape index (κ1) is 15.8. The molecule has 0 atom stereocenters. The number of H-pyrrole nitrogens is 1. The summed E-state index contributed by atoms with van der Waals surface area (Å²) in [6.45, 7) is 5.91. The van der Waals surface area contributed by atoms with E-state index in [1.165, 1.54) is 0 Å². The van der Waals surface area contributed by atoms with Crippen LogP contribution < -0.4 is 0 Å². The Balaban J connectivity index is 1.56. The highest BCUT2D eigenvalue weighted by molar-refractivity contribution is 7.09. The molecule has 1 fully saturated rings. The molecule has 118 valence electrons. The molecular weight excluding hydrogens is 343 g/mol. The van der Waals surface area contributed by atoms with Crippen molar-refractivity contribution in [1.29, 1.82) is 0 Å². The highest BCUT2D eigenvalue weighted by Crippen LogP contribution is 2.23. The van der Waals surface area contributed by atoms with Crippen LogP contribution in [-0.2, 0) is 6.54 Å². The summed E-state index contributed by atoms with van der Waals surface area (Å²) in [5, 5.41) is 3.87. The Bertz CT molecular complexity index is 657. The number of thiazole rings is 1. The largest absolute Gasteiger partial charge is 0.340 e. The number of amides is 1. The quantitative estimate of drug-likeness (QED) is 0.917. The topological polar surface area (TPSA) is 52.2 Å². The lowest BCUT2D eigenvalue weighted by Crippen LogP contribution is -2.48. The average molecular weight is 359 g/mol. The smallest absolute Gasteiger partial charge is 0.270 e. The van der Waals surface area contributed by atoms with Crippen LogP contribution in [0.2, 0.25) is 10.2 Å². The number of aromatic amines is 1. The Labute approximate surface area is 142 Å². The Hall–Kier alpha value is -1.08. The van der Waals surface area contributed by atoms with Crippen molar-refractivity contribution >= 4 is 40.4 Å². The Kier molecular flexibility index (Phi) is 4.73. The van der Waals surface area contributed by atoms with Gasteiger partial charge >= 0.3 is 0 Å². The van der Waals surface area contributed by atoms with Crippen molar-refractivity contribution in [2.24, 2.45) is 0 Å². The number of aromatic nitrogens is 2. The predicted octanol–water partition coefficient (Wildman–Crippen LogP) is 3.04. The van der Waals surface area contributed by atoms with E-state index >= 15 is 0 Å². The van der Waals surface area contributed by atoms with Crippen molar-refractivity contribution in [3.8, 4) is 0 Å². The maximum atomic E-state index is 12.4. The third kappa shape index (κ3) is 3.46. The first-order valence-electron chi connectivity index (χ1n) is 6.99. The van der Waals surface area contributed by atoms with Crippen LogP contribution in [0.15, 0.2) is 11.4 Å². The number of aryl methyl sites for hydroxylation is 1. The molecule has 0 aromatic carbocycles. The lowest BCUT2D eigenvalue weighted by atomic mass is 10.2. The number of piperazine rings is 1. The summed E-state index contributed by atoms with van der Waals surface area (Å²) < 4.78 is 0. The third-order valence-electron chi connectivity index (χ3n) is 3.67. The van der Waals surface area contributed by atoms with Gasteiger partial charge in [0.05, 0.1) is 15.7 Å². The van der Waals surface area contributed by atoms with E-state index in [0.29, 0.717) is 29.0 Å². The number of hydrogen-bond donors (Lipinski definition) is 1. The van der Waals surface area contributed by atoms with Gasteiger partial charge in [-0.15, -0.1) is 11.3 Å². The third-order valence-corrected chi connectivity index (χ3v) is 5.18. The van der Waals surface area contributed by atoms with Gasteiger partial charge in [-0.1, -0.05) is 23.2 Å². The molecule has 1 amide bonds. The van der Waals surface area contributed by atoms with Gasteiger partial charge in [-0.05, 0) is 13.0 Å². The van der Waals surface area contributed by atoms with Crippen molar-refractivity contribution in [1.82, 2.24) is 19.8 Å². The molecule has 1 aliphatic heterocycles. The highest BCUT2D eigenvalue weighted by atomic mass is 35.5. The summed E-state index contributed by atoms with van der Waals surface area (Å²) in [5.41, 5.74) is 1.55. The Morgan fingerprint density at radius 3 is 2.64 bits per heavy atom. The average Bonchev–Trinajstić information content (AvgIpc) is 3.05. The SMILES string of the molecule is Cc1nc(CN2CCN(C(=O)c3cc(Cl)c(Cl)[nH]3)CC2)cs1. The first-order valence-corrected chi connectivity index (χ1v) is 8.63. The van der Waals surface area contributed by atoms with E-state index in [0.717, 1.165) is 30.3 Å². The van der Waals surface area contributed by atoms with Gasteiger partial charge in [0.25, 0.3) is 5.91 Å². The molecule has 2 aromatic heterocycles. The molecule has 0 bridgehead atoms. The Morgan fingerprint density at radius 2 is 2.09 bits per heavy atom. The molecule has 3 heterocycles. The molecule has 1 saturated heterocycles. The summed E-state index contributed by atoms with van der Waals surface area (Å²) in [4.78, 5) is 23.8. The fourth-order valence-electron chi connectivity index (χ4n) is 2.51. The fraction of sp³-hybridized carbons (Fsp3) is 0.429. The summed E-state index contributed by atoms with van der Waals surface area (Å²) in [6, 6.07) is 1.58. The lowest BCUT2D eigenvalue weighted by molar-refractivity contribution is 0.0622. The van der Waals surface area contributed by atoms with Crippen LogP contribution in [0, 0.1) is 6.92 Å². The van der Waals surface area contributed by atoms with Crippen molar-refractivity contribution in [2.75, 3.05) is 26.2 Å². The summed E-state index contributed by atoms with van der Waals surface area (Å²) in [6.07, 6.45) is 0. The van der Waals surface area contributed by atoms with Gasteiger partial charge in [0.2, 0.25) is 0 Å². The second-order valence-electron chi connectivity index (χ2n) is 5.27. The van der Waals surface area contributed by atoms with Gasteiger partial charge in [-0.2, -0.15) is 0 Å². The van der Waals surface area contributed by atoms with Crippen molar-refractivity contribution in [2.45, 2.75) is 13.5 Å². The molecule has 0 aliphatic carbocycles. The van der Waals surface area contributed by atoms with Gasteiger partial charge in [-0.25, -0.2) is 4.98 Å². The number of nitrogens with zero attached hydrogens (tertiary/aromatic N) is 3. The van der Waals surface area contributed by atoms with Gasteiger partial charge in [0, 0.05) is 38.1 Å². The normalized spacial score (nSPS) is 16.2. The van der Waals surface area contributed by atoms with Gasteiger partial charge < -0.3 is 9.88 Å². The van der Waals surface area contributed by atoms with Crippen LogP contribution in [0.3, 0.4) is 0 Å². The number of nitrogens with one attached hydrogen (secondary N) is 1. The molecule has 22 heavy (non-hydrogen) atoms. The van der Waals surface area contributed by atoms with Crippen LogP contribution in [0.1, 0.15) is 21.2 Å². The number of halogens is 2. The second-order valence-corrected chi connectivity index (χ2v) is 7.12. The van der Waals surface area contributed by atoms with E-state index in [9.17, 15) is 4.79 Å². The minimum Gasteiger partial charge on any atom is -0.340 e. The van der Waals surface area contributed by atoms with Crippen LogP contribution in [0.4, 0.5) is 0 Å². The standard InChI is InChI=1S/C14H16Cl2N4OS/c1-9-17-10(8-22-9)7-19-2-4-20(5-3-19)14(21)12-6-11(15)13(16)18-12/h6,8,18H,2-5,7H2,1H3. The molecule has 0 spiro atoms. The van der Waals surface area contributed by atoms with E-state index < -0.39 is 0 Å². The molecule has 8 heteroatoms. The summed E-state index contributed by atoms with van der Waals surface area (Å²) in [7, 11) is 0. The summed E-state index contributed by atoms with van der Waals surface area (Å²) in [5.74, 6) is -0.0575.